The Balaban J connectivity index is 2.09. The summed E-state index contributed by atoms with van der Waals surface area (Å²) < 4.78 is 1.21. The van der Waals surface area contributed by atoms with E-state index in [1.165, 1.54) is 15.7 Å². The van der Waals surface area contributed by atoms with E-state index in [4.69, 9.17) is 0 Å². The van der Waals surface area contributed by atoms with E-state index in [1.807, 2.05) is 0 Å². The first-order valence-electron chi connectivity index (χ1n) is 7.44. The molecule has 0 bridgehead atoms. The Morgan fingerprint density at radius 3 is 2.70 bits per heavy atom. The van der Waals surface area contributed by atoms with Crippen molar-refractivity contribution in [2.45, 2.75) is 39.4 Å². The van der Waals surface area contributed by atoms with E-state index < -0.39 is 0 Å². The number of piperazine rings is 1. The standard InChI is InChI=1S/C16H26BrN3/c1-12(2)18-10-14-5-6-16(15(17)9-14)20-8-7-19(4)11-13(20)3/h5-6,9,12-13,18H,7-8,10-11H2,1-4H3. The number of hydrogen-bond acceptors (Lipinski definition) is 3. The van der Waals surface area contributed by atoms with Crippen LogP contribution in [-0.2, 0) is 6.54 Å². The summed E-state index contributed by atoms with van der Waals surface area (Å²) in [4.78, 5) is 4.90. The first-order chi connectivity index (χ1) is 9.47. The van der Waals surface area contributed by atoms with Crippen LogP contribution in [0.4, 0.5) is 5.69 Å². The summed E-state index contributed by atoms with van der Waals surface area (Å²) in [5.74, 6) is 0. The van der Waals surface area contributed by atoms with E-state index >= 15 is 0 Å². The number of nitrogens with one attached hydrogen (secondary N) is 1. The van der Waals surface area contributed by atoms with Crippen molar-refractivity contribution >= 4 is 21.6 Å². The molecule has 1 aliphatic heterocycles. The predicted molar refractivity (Wildman–Crippen MR) is 90.4 cm³/mol. The first kappa shape index (κ1) is 15.8. The Labute approximate surface area is 131 Å². The summed E-state index contributed by atoms with van der Waals surface area (Å²) >= 11 is 3.75. The molecule has 1 aromatic rings. The molecule has 3 nitrogen and oxygen atoms in total. The van der Waals surface area contributed by atoms with E-state index in [0.29, 0.717) is 12.1 Å². The molecule has 1 saturated heterocycles. The molecule has 4 heteroatoms. The lowest BCUT2D eigenvalue weighted by atomic mass is 10.1. The highest BCUT2D eigenvalue weighted by Gasteiger charge is 2.23. The average molecular weight is 340 g/mol. The summed E-state index contributed by atoms with van der Waals surface area (Å²) in [5, 5.41) is 3.46. The molecule has 1 atom stereocenters. The quantitative estimate of drug-likeness (QED) is 0.909. The van der Waals surface area contributed by atoms with Crippen molar-refractivity contribution in [3.05, 3.63) is 28.2 Å². The highest BCUT2D eigenvalue weighted by molar-refractivity contribution is 9.10. The number of likely N-dealkylation sites (N-methyl/N-ethyl adjacent to an activating group) is 1. The van der Waals surface area contributed by atoms with Gasteiger partial charge < -0.3 is 15.1 Å². The fraction of sp³-hybridized carbons (Fsp3) is 0.625. The van der Waals surface area contributed by atoms with Gasteiger partial charge in [0.25, 0.3) is 0 Å². The minimum absolute atomic E-state index is 0.520. The van der Waals surface area contributed by atoms with E-state index in [1.54, 1.807) is 0 Å². The van der Waals surface area contributed by atoms with E-state index in [-0.39, 0.29) is 0 Å². The highest BCUT2D eigenvalue weighted by Crippen LogP contribution is 2.30. The molecule has 0 radical (unpaired) electrons. The second-order valence-electron chi connectivity index (χ2n) is 6.13. The fourth-order valence-corrected chi connectivity index (χ4v) is 3.37. The number of anilines is 1. The van der Waals surface area contributed by atoms with Gasteiger partial charge in [0.2, 0.25) is 0 Å². The van der Waals surface area contributed by atoms with Crippen molar-refractivity contribution in [1.29, 1.82) is 0 Å². The van der Waals surface area contributed by atoms with Crippen molar-refractivity contribution in [3.63, 3.8) is 0 Å². The predicted octanol–water partition coefficient (Wildman–Crippen LogP) is 3.09. The largest absolute Gasteiger partial charge is 0.365 e. The molecule has 0 saturated carbocycles. The molecule has 1 aliphatic rings. The summed E-state index contributed by atoms with van der Waals surface area (Å²) in [6.45, 7) is 10.9. The zero-order valence-corrected chi connectivity index (χ0v) is 14.6. The highest BCUT2D eigenvalue weighted by atomic mass is 79.9. The Kier molecular flexibility index (Phi) is 5.47. The van der Waals surface area contributed by atoms with Crippen LogP contribution in [0.25, 0.3) is 0 Å². The molecular weight excluding hydrogens is 314 g/mol. The molecule has 1 heterocycles. The molecule has 0 aliphatic carbocycles. The van der Waals surface area contributed by atoms with Crippen molar-refractivity contribution in [2.24, 2.45) is 0 Å². The summed E-state index contributed by atoms with van der Waals surface area (Å²) in [7, 11) is 2.20. The molecule has 1 fully saturated rings. The third-order valence-electron chi connectivity index (χ3n) is 3.87. The number of halogens is 1. The Morgan fingerprint density at radius 1 is 1.35 bits per heavy atom. The SMILES string of the molecule is CC(C)NCc1ccc(N2CCN(C)CC2C)c(Br)c1. The zero-order chi connectivity index (χ0) is 14.7. The van der Waals surface area contributed by atoms with Crippen LogP contribution in [0.1, 0.15) is 26.3 Å². The van der Waals surface area contributed by atoms with E-state index in [2.05, 4.69) is 77.1 Å². The normalized spacial score (nSPS) is 20.7. The van der Waals surface area contributed by atoms with Crippen molar-refractivity contribution in [1.82, 2.24) is 10.2 Å². The molecule has 1 N–H and O–H groups in total. The van der Waals surface area contributed by atoms with Gasteiger partial charge in [0.1, 0.15) is 0 Å². The first-order valence-corrected chi connectivity index (χ1v) is 8.23. The maximum atomic E-state index is 3.75. The minimum Gasteiger partial charge on any atom is -0.365 e. The second-order valence-corrected chi connectivity index (χ2v) is 6.98. The van der Waals surface area contributed by atoms with Crippen LogP contribution in [0.2, 0.25) is 0 Å². The fourth-order valence-electron chi connectivity index (χ4n) is 2.71. The van der Waals surface area contributed by atoms with Crippen molar-refractivity contribution in [3.8, 4) is 0 Å². The van der Waals surface area contributed by atoms with Gasteiger partial charge in [0.05, 0.1) is 5.69 Å². The number of benzene rings is 1. The van der Waals surface area contributed by atoms with Crippen LogP contribution >= 0.6 is 15.9 Å². The van der Waals surface area contributed by atoms with Gasteiger partial charge >= 0.3 is 0 Å². The molecule has 2 rings (SSSR count). The smallest absolute Gasteiger partial charge is 0.0514 e. The lowest BCUT2D eigenvalue weighted by molar-refractivity contribution is 0.275. The van der Waals surface area contributed by atoms with Gasteiger partial charge in [-0.1, -0.05) is 19.9 Å². The molecule has 1 unspecified atom stereocenters. The van der Waals surface area contributed by atoms with Gasteiger partial charge in [-0.2, -0.15) is 0 Å². The van der Waals surface area contributed by atoms with Crippen molar-refractivity contribution in [2.75, 3.05) is 31.6 Å². The molecule has 0 spiro atoms. The summed E-state index contributed by atoms with van der Waals surface area (Å²) in [6.07, 6.45) is 0. The van der Waals surface area contributed by atoms with Gasteiger partial charge in [0, 0.05) is 42.7 Å². The maximum absolute atomic E-state index is 3.75. The molecule has 20 heavy (non-hydrogen) atoms. The van der Waals surface area contributed by atoms with Gasteiger partial charge in [-0.3, -0.25) is 0 Å². The Hall–Kier alpha value is -0.580. The Bertz CT molecular complexity index is 447. The summed E-state index contributed by atoms with van der Waals surface area (Å²) in [5.41, 5.74) is 2.65. The number of rotatable bonds is 4. The average Bonchev–Trinajstić information content (AvgIpc) is 2.37. The molecule has 0 aromatic heterocycles. The van der Waals surface area contributed by atoms with Crippen molar-refractivity contribution < 1.29 is 0 Å². The van der Waals surface area contributed by atoms with Gasteiger partial charge in [0.15, 0.2) is 0 Å². The third kappa shape index (κ3) is 3.96. The van der Waals surface area contributed by atoms with Gasteiger partial charge in [-0.15, -0.1) is 0 Å². The zero-order valence-electron chi connectivity index (χ0n) is 13.0. The summed E-state index contributed by atoms with van der Waals surface area (Å²) in [6, 6.07) is 7.82. The van der Waals surface area contributed by atoms with Crippen LogP contribution in [0, 0.1) is 0 Å². The molecule has 112 valence electrons. The van der Waals surface area contributed by atoms with Crippen LogP contribution in [0.15, 0.2) is 22.7 Å². The maximum Gasteiger partial charge on any atom is 0.0514 e. The lowest BCUT2D eigenvalue weighted by Gasteiger charge is -2.40. The monoisotopic (exact) mass is 339 g/mol. The van der Waals surface area contributed by atoms with Crippen LogP contribution in [0.3, 0.4) is 0 Å². The van der Waals surface area contributed by atoms with Crippen LogP contribution in [0.5, 0.6) is 0 Å². The third-order valence-corrected chi connectivity index (χ3v) is 4.50. The number of hydrogen-bond donors (Lipinski definition) is 1. The molecule has 1 aromatic carbocycles. The van der Waals surface area contributed by atoms with Gasteiger partial charge in [-0.05, 0) is 47.6 Å². The van der Waals surface area contributed by atoms with Crippen LogP contribution < -0.4 is 10.2 Å². The van der Waals surface area contributed by atoms with E-state index in [0.717, 1.165) is 26.2 Å². The molecule has 0 amide bonds. The second kappa shape index (κ2) is 6.92. The van der Waals surface area contributed by atoms with Gasteiger partial charge in [-0.25, -0.2) is 0 Å². The molecular formula is C16H26BrN3. The van der Waals surface area contributed by atoms with E-state index in [9.17, 15) is 0 Å². The lowest BCUT2D eigenvalue weighted by Crippen LogP contribution is -2.50. The minimum atomic E-state index is 0.520. The topological polar surface area (TPSA) is 18.5 Å². The number of nitrogens with zero attached hydrogens (tertiary/aromatic N) is 2. The Morgan fingerprint density at radius 2 is 2.10 bits per heavy atom. The van der Waals surface area contributed by atoms with Crippen LogP contribution in [-0.4, -0.2) is 43.7 Å².